The van der Waals surface area contributed by atoms with Gasteiger partial charge in [-0.2, -0.15) is 5.10 Å². The Hall–Kier alpha value is -1.58. The van der Waals surface area contributed by atoms with Crippen LogP contribution >= 0.6 is 0 Å². The maximum Gasteiger partial charge on any atom is 0.155 e. The van der Waals surface area contributed by atoms with Crippen molar-refractivity contribution >= 4 is 11.3 Å². The van der Waals surface area contributed by atoms with Crippen molar-refractivity contribution in [2.24, 2.45) is 0 Å². The summed E-state index contributed by atoms with van der Waals surface area (Å²) in [5.41, 5.74) is 6.88. The van der Waals surface area contributed by atoms with E-state index in [1.165, 1.54) is 0 Å². The lowest BCUT2D eigenvalue weighted by Crippen LogP contribution is -1.92. The topological polar surface area (TPSA) is 56.2 Å². The summed E-state index contributed by atoms with van der Waals surface area (Å²) >= 11 is 0. The molecule has 0 bridgehead atoms. The molecule has 2 aromatic heterocycles. The average molecular weight is 134 g/mol. The highest BCUT2D eigenvalue weighted by atomic mass is 15.2. The normalized spacial score (nSPS) is 10.4. The van der Waals surface area contributed by atoms with Crippen molar-refractivity contribution in [3.63, 3.8) is 0 Å². The maximum atomic E-state index is 5.47. The van der Waals surface area contributed by atoms with Crippen LogP contribution in [-0.4, -0.2) is 14.6 Å². The Kier molecular flexibility index (Phi) is 0.887. The Bertz CT molecular complexity index is 351. The third kappa shape index (κ3) is 0.621. The largest absolute Gasteiger partial charge is 0.397 e. The zero-order valence-corrected chi connectivity index (χ0v) is 5.23. The molecule has 4 nitrogen and oxygen atoms in total. The Balaban J connectivity index is 2.86. The van der Waals surface area contributed by atoms with E-state index >= 15 is 0 Å². The molecular weight excluding hydrogens is 128 g/mol. The van der Waals surface area contributed by atoms with Gasteiger partial charge in [-0.05, 0) is 0 Å². The molecule has 10 heavy (non-hydrogen) atoms. The molecule has 50 valence electrons. The standard InChI is InChI=1S/C6H6N4/c7-5-3-6-8-1-2-10(6)9-4-5/h1-4H,7H2. The minimum atomic E-state index is 0.638. The molecule has 2 aromatic rings. The van der Waals surface area contributed by atoms with Gasteiger partial charge in [-0.15, -0.1) is 0 Å². The highest BCUT2D eigenvalue weighted by Crippen LogP contribution is 2.02. The number of fused-ring (bicyclic) bond motifs is 1. The molecule has 0 spiro atoms. The summed E-state index contributed by atoms with van der Waals surface area (Å²) in [5.74, 6) is 0. The van der Waals surface area contributed by atoms with E-state index in [1.54, 1.807) is 29.2 Å². The predicted molar refractivity (Wildman–Crippen MR) is 37.4 cm³/mol. The van der Waals surface area contributed by atoms with Gasteiger partial charge in [0.15, 0.2) is 5.65 Å². The third-order valence-corrected chi connectivity index (χ3v) is 1.28. The van der Waals surface area contributed by atoms with Crippen molar-refractivity contribution in [2.75, 3.05) is 5.73 Å². The monoisotopic (exact) mass is 134 g/mol. The molecule has 0 saturated heterocycles. The summed E-state index contributed by atoms with van der Waals surface area (Å²) in [4.78, 5) is 4.00. The number of anilines is 1. The van der Waals surface area contributed by atoms with Crippen LogP contribution in [0, 0.1) is 0 Å². The van der Waals surface area contributed by atoms with E-state index in [-0.39, 0.29) is 0 Å². The van der Waals surface area contributed by atoms with Crippen molar-refractivity contribution in [1.29, 1.82) is 0 Å². The lowest BCUT2D eigenvalue weighted by atomic mass is 10.5. The average Bonchev–Trinajstić information content (AvgIpc) is 2.33. The van der Waals surface area contributed by atoms with Gasteiger partial charge < -0.3 is 5.73 Å². The van der Waals surface area contributed by atoms with Gasteiger partial charge in [0.1, 0.15) is 0 Å². The lowest BCUT2D eigenvalue weighted by Gasteiger charge is -1.91. The van der Waals surface area contributed by atoms with Gasteiger partial charge in [0, 0.05) is 18.5 Å². The van der Waals surface area contributed by atoms with Crippen molar-refractivity contribution in [1.82, 2.24) is 14.6 Å². The summed E-state index contributed by atoms with van der Waals surface area (Å²) in [5, 5.41) is 3.97. The summed E-state index contributed by atoms with van der Waals surface area (Å²) < 4.78 is 1.66. The van der Waals surface area contributed by atoms with Crippen molar-refractivity contribution in [3.8, 4) is 0 Å². The lowest BCUT2D eigenvalue weighted by molar-refractivity contribution is 0.938. The fourth-order valence-corrected chi connectivity index (χ4v) is 0.825. The number of aromatic nitrogens is 3. The van der Waals surface area contributed by atoms with Gasteiger partial charge >= 0.3 is 0 Å². The van der Waals surface area contributed by atoms with E-state index in [0.29, 0.717) is 5.69 Å². The smallest absolute Gasteiger partial charge is 0.155 e. The fraction of sp³-hybridized carbons (Fsp3) is 0. The SMILES string of the molecule is Nc1cnn2ccnc2c1. The molecule has 0 unspecified atom stereocenters. The van der Waals surface area contributed by atoms with E-state index in [4.69, 9.17) is 5.73 Å². The number of hydrogen-bond donors (Lipinski definition) is 1. The molecule has 2 N–H and O–H groups in total. The molecule has 0 aliphatic rings. The first-order valence-electron chi connectivity index (χ1n) is 2.91. The van der Waals surface area contributed by atoms with Gasteiger partial charge in [-0.3, -0.25) is 0 Å². The minimum Gasteiger partial charge on any atom is -0.397 e. The van der Waals surface area contributed by atoms with Gasteiger partial charge in [-0.25, -0.2) is 9.50 Å². The Morgan fingerprint density at radius 2 is 2.40 bits per heavy atom. The first kappa shape index (κ1) is 5.22. The Morgan fingerprint density at radius 1 is 1.50 bits per heavy atom. The molecule has 0 atom stereocenters. The highest BCUT2D eigenvalue weighted by molar-refractivity contribution is 5.48. The molecule has 0 aliphatic heterocycles. The van der Waals surface area contributed by atoms with E-state index in [2.05, 4.69) is 10.1 Å². The molecule has 0 amide bonds. The predicted octanol–water partition coefficient (Wildman–Crippen LogP) is 0.311. The second kappa shape index (κ2) is 1.70. The molecule has 4 heteroatoms. The van der Waals surface area contributed by atoms with Crippen LogP contribution in [0.1, 0.15) is 0 Å². The zero-order chi connectivity index (χ0) is 6.97. The molecule has 0 radical (unpaired) electrons. The van der Waals surface area contributed by atoms with Crippen molar-refractivity contribution < 1.29 is 0 Å². The molecule has 2 heterocycles. The molecule has 0 saturated carbocycles. The summed E-state index contributed by atoms with van der Waals surface area (Å²) in [6, 6.07) is 1.77. The van der Waals surface area contributed by atoms with Gasteiger partial charge in [-0.1, -0.05) is 0 Å². The Morgan fingerprint density at radius 3 is 3.30 bits per heavy atom. The summed E-state index contributed by atoms with van der Waals surface area (Å²) in [6.07, 6.45) is 5.05. The van der Waals surface area contributed by atoms with Crippen LogP contribution in [0.5, 0.6) is 0 Å². The van der Waals surface area contributed by atoms with Crippen LogP contribution in [0.25, 0.3) is 5.65 Å². The van der Waals surface area contributed by atoms with E-state index < -0.39 is 0 Å². The first-order chi connectivity index (χ1) is 4.86. The zero-order valence-electron chi connectivity index (χ0n) is 5.23. The number of hydrogen-bond acceptors (Lipinski definition) is 3. The van der Waals surface area contributed by atoms with E-state index in [0.717, 1.165) is 5.65 Å². The first-order valence-corrected chi connectivity index (χ1v) is 2.91. The number of nitrogens with zero attached hydrogens (tertiary/aromatic N) is 3. The van der Waals surface area contributed by atoms with E-state index in [1.807, 2.05) is 0 Å². The molecule has 0 aromatic carbocycles. The quantitative estimate of drug-likeness (QED) is 0.564. The molecular formula is C6H6N4. The van der Waals surface area contributed by atoms with Gasteiger partial charge in [0.2, 0.25) is 0 Å². The number of nitrogen functional groups attached to an aromatic ring is 1. The second-order valence-corrected chi connectivity index (χ2v) is 2.02. The van der Waals surface area contributed by atoms with Crippen LogP contribution in [0.15, 0.2) is 24.7 Å². The number of nitrogens with two attached hydrogens (primary N) is 1. The minimum absolute atomic E-state index is 0.638. The van der Waals surface area contributed by atoms with Crippen molar-refractivity contribution in [2.45, 2.75) is 0 Å². The third-order valence-electron chi connectivity index (χ3n) is 1.28. The van der Waals surface area contributed by atoms with Gasteiger partial charge in [0.05, 0.1) is 11.9 Å². The van der Waals surface area contributed by atoms with Crippen LogP contribution in [-0.2, 0) is 0 Å². The van der Waals surface area contributed by atoms with Crippen LogP contribution < -0.4 is 5.73 Å². The maximum absolute atomic E-state index is 5.47. The van der Waals surface area contributed by atoms with Gasteiger partial charge in [0.25, 0.3) is 0 Å². The van der Waals surface area contributed by atoms with E-state index in [9.17, 15) is 0 Å². The number of imidazole rings is 1. The molecule has 0 fully saturated rings. The molecule has 0 aliphatic carbocycles. The Labute approximate surface area is 57.3 Å². The summed E-state index contributed by atoms with van der Waals surface area (Å²) in [6.45, 7) is 0. The number of rotatable bonds is 0. The van der Waals surface area contributed by atoms with Crippen LogP contribution in [0.3, 0.4) is 0 Å². The fourth-order valence-electron chi connectivity index (χ4n) is 0.825. The second-order valence-electron chi connectivity index (χ2n) is 2.02. The molecule has 2 rings (SSSR count). The van der Waals surface area contributed by atoms with Crippen LogP contribution in [0.4, 0.5) is 5.69 Å². The van der Waals surface area contributed by atoms with Crippen LogP contribution in [0.2, 0.25) is 0 Å². The summed E-state index contributed by atoms with van der Waals surface area (Å²) in [7, 11) is 0. The van der Waals surface area contributed by atoms with Crippen molar-refractivity contribution in [3.05, 3.63) is 24.7 Å². The highest BCUT2D eigenvalue weighted by Gasteiger charge is 1.92.